The number of nitrogens with one attached hydrogen (secondary N) is 1. The highest BCUT2D eigenvalue weighted by molar-refractivity contribution is 6.31. The summed E-state index contributed by atoms with van der Waals surface area (Å²) >= 11 is 6.11. The standard InChI is InChI=1S/C14H20ClNO/c1-3-13(11-7-8-16-9-11)17-14-6-4-5-12(15)10(14)2/h4-6,11,13,16H,3,7-9H2,1-2H3/t11-,13+/m0/s1. The van der Waals surface area contributed by atoms with E-state index in [1.807, 2.05) is 25.1 Å². The van der Waals surface area contributed by atoms with Crippen LogP contribution in [-0.4, -0.2) is 19.2 Å². The van der Waals surface area contributed by atoms with Crippen molar-refractivity contribution in [2.75, 3.05) is 13.1 Å². The van der Waals surface area contributed by atoms with Crippen molar-refractivity contribution in [2.45, 2.75) is 32.8 Å². The number of rotatable bonds is 4. The zero-order chi connectivity index (χ0) is 12.3. The van der Waals surface area contributed by atoms with E-state index in [1.165, 1.54) is 6.42 Å². The largest absolute Gasteiger partial charge is 0.490 e. The Hall–Kier alpha value is -0.730. The maximum absolute atomic E-state index is 6.13. The van der Waals surface area contributed by atoms with E-state index < -0.39 is 0 Å². The quantitative estimate of drug-likeness (QED) is 0.888. The minimum absolute atomic E-state index is 0.294. The van der Waals surface area contributed by atoms with Crippen molar-refractivity contribution in [3.63, 3.8) is 0 Å². The van der Waals surface area contributed by atoms with Gasteiger partial charge < -0.3 is 10.1 Å². The third-order valence-corrected chi connectivity index (χ3v) is 3.93. The molecule has 1 aliphatic heterocycles. The van der Waals surface area contributed by atoms with Crippen LogP contribution >= 0.6 is 11.6 Å². The lowest BCUT2D eigenvalue weighted by atomic mass is 9.99. The van der Waals surface area contributed by atoms with Gasteiger partial charge in [0.05, 0.1) is 0 Å². The molecule has 17 heavy (non-hydrogen) atoms. The van der Waals surface area contributed by atoms with E-state index >= 15 is 0 Å². The lowest BCUT2D eigenvalue weighted by molar-refractivity contribution is 0.137. The molecule has 0 saturated carbocycles. The minimum Gasteiger partial charge on any atom is -0.490 e. The van der Waals surface area contributed by atoms with Crippen molar-refractivity contribution in [3.05, 3.63) is 28.8 Å². The van der Waals surface area contributed by atoms with Crippen LogP contribution in [0.15, 0.2) is 18.2 Å². The van der Waals surface area contributed by atoms with E-state index in [0.717, 1.165) is 35.8 Å². The topological polar surface area (TPSA) is 21.3 Å². The highest BCUT2D eigenvalue weighted by Gasteiger charge is 2.25. The first kappa shape index (κ1) is 12.7. The predicted molar refractivity (Wildman–Crippen MR) is 71.9 cm³/mol. The molecule has 0 radical (unpaired) electrons. The molecule has 1 aromatic rings. The average Bonchev–Trinajstić information content (AvgIpc) is 2.85. The fourth-order valence-corrected chi connectivity index (χ4v) is 2.55. The van der Waals surface area contributed by atoms with Crippen LogP contribution in [0.3, 0.4) is 0 Å². The smallest absolute Gasteiger partial charge is 0.124 e. The summed E-state index contributed by atoms with van der Waals surface area (Å²) in [6, 6.07) is 5.86. The molecule has 94 valence electrons. The van der Waals surface area contributed by atoms with Crippen molar-refractivity contribution in [1.29, 1.82) is 0 Å². The van der Waals surface area contributed by atoms with Gasteiger partial charge in [0.25, 0.3) is 0 Å². The first-order valence-corrected chi connectivity index (χ1v) is 6.72. The monoisotopic (exact) mass is 253 g/mol. The van der Waals surface area contributed by atoms with Crippen LogP contribution in [0.4, 0.5) is 0 Å². The van der Waals surface area contributed by atoms with E-state index in [9.17, 15) is 0 Å². The van der Waals surface area contributed by atoms with E-state index in [0.29, 0.717) is 12.0 Å². The maximum Gasteiger partial charge on any atom is 0.124 e. The molecule has 0 aromatic heterocycles. The first-order valence-electron chi connectivity index (χ1n) is 6.35. The normalized spacial score (nSPS) is 21.5. The second-order valence-corrected chi connectivity index (χ2v) is 5.09. The van der Waals surface area contributed by atoms with Gasteiger partial charge in [-0.15, -0.1) is 0 Å². The van der Waals surface area contributed by atoms with Crippen molar-refractivity contribution in [1.82, 2.24) is 5.32 Å². The van der Waals surface area contributed by atoms with Crippen LogP contribution < -0.4 is 10.1 Å². The Bertz CT molecular complexity index is 374. The predicted octanol–water partition coefficient (Wildman–Crippen LogP) is 3.42. The van der Waals surface area contributed by atoms with Gasteiger partial charge in [-0.1, -0.05) is 24.6 Å². The van der Waals surface area contributed by atoms with Crippen molar-refractivity contribution >= 4 is 11.6 Å². The summed E-state index contributed by atoms with van der Waals surface area (Å²) in [5.74, 6) is 1.55. The summed E-state index contributed by atoms with van der Waals surface area (Å²) in [6.45, 7) is 6.37. The highest BCUT2D eigenvalue weighted by atomic mass is 35.5. The Kier molecular flexibility index (Phi) is 4.30. The van der Waals surface area contributed by atoms with Crippen LogP contribution in [0, 0.1) is 12.8 Å². The Balaban J connectivity index is 2.09. The Morgan fingerprint density at radius 1 is 1.53 bits per heavy atom. The number of hydrogen-bond donors (Lipinski definition) is 1. The van der Waals surface area contributed by atoms with Crippen LogP contribution in [-0.2, 0) is 0 Å². The molecule has 0 amide bonds. The second-order valence-electron chi connectivity index (χ2n) is 4.68. The Morgan fingerprint density at radius 3 is 3.00 bits per heavy atom. The zero-order valence-corrected chi connectivity index (χ0v) is 11.3. The maximum atomic E-state index is 6.13. The third-order valence-electron chi connectivity index (χ3n) is 3.52. The summed E-state index contributed by atoms with van der Waals surface area (Å²) in [4.78, 5) is 0. The van der Waals surface area contributed by atoms with E-state index in [-0.39, 0.29) is 0 Å². The fourth-order valence-electron chi connectivity index (χ4n) is 2.39. The van der Waals surface area contributed by atoms with Gasteiger partial charge >= 0.3 is 0 Å². The molecule has 2 atom stereocenters. The molecule has 0 bridgehead atoms. The number of halogens is 1. The van der Waals surface area contributed by atoms with Gasteiger partial charge in [-0.25, -0.2) is 0 Å². The SMILES string of the molecule is CC[C@@H](Oc1cccc(Cl)c1C)[C@H]1CCNC1. The summed E-state index contributed by atoms with van der Waals surface area (Å²) in [6.07, 6.45) is 2.54. The molecule has 1 saturated heterocycles. The fraction of sp³-hybridized carbons (Fsp3) is 0.571. The van der Waals surface area contributed by atoms with Gasteiger partial charge in [-0.2, -0.15) is 0 Å². The summed E-state index contributed by atoms with van der Waals surface area (Å²) in [5, 5.41) is 4.17. The molecular formula is C14H20ClNO. The van der Waals surface area contributed by atoms with Crippen molar-refractivity contribution in [3.8, 4) is 5.75 Å². The van der Waals surface area contributed by atoms with E-state index in [4.69, 9.17) is 16.3 Å². The molecule has 1 aromatic carbocycles. The van der Waals surface area contributed by atoms with Gasteiger partial charge in [-0.05, 0) is 38.4 Å². The van der Waals surface area contributed by atoms with Crippen LogP contribution in [0.2, 0.25) is 5.02 Å². The lowest BCUT2D eigenvalue weighted by Gasteiger charge is -2.24. The van der Waals surface area contributed by atoms with E-state index in [2.05, 4.69) is 12.2 Å². The molecule has 0 spiro atoms. The second kappa shape index (κ2) is 5.74. The molecule has 1 fully saturated rings. The summed E-state index contributed by atoms with van der Waals surface area (Å²) in [5.41, 5.74) is 1.04. The molecule has 0 aliphatic carbocycles. The number of ether oxygens (including phenoxy) is 1. The van der Waals surface area contributed by atoms with Gasteiger partial charge in [0, 0.05) is 23.0 Å². The van der Waals surface area contributed by atoms with Crippen LogP contribution in [0.25, 0.3) is 0 Å². The molecule has 2 rings (SSSR count). The van der Waals surface area contributed by atoms with Gasteiger partial charge in [0.1, 0.15) is 11.9 Å². The van der Waals surface area contributed by atoms with Crippen LogP contribution in [0.5, 0.6) is 5.75 Å². The number of hydrogen-bond acceptors (Lipinski definition) is 2. The zero-order valence-electron chi connectivity index (χ0n) is 10.5. The lowest BCUT2D eigenvalue weighted by Crippen LogP contribution is -2.28. The average molecular weight is 254 g/mol. The van der Waals surface area contributed by atoms with Crippen LogP contribution in [0.1, 0.15) is 25.3 Å². The molecule has 1 N–H and O–H groups in total. The highest BCUT2D eigenvalue weighted by Crippen LogP contribution is 2.28. The summed E-state index contributed by atoms with van der Waals surface area (Å²) < 4.78 is 6.13. The Labute approximate surface area is 108 Å². The van der Waals surface area contributed by atoms with E-state index in [1.54, 1.807) is 0 Å². The molecule has 1 heterocycles. The van der Waals surface area contributed by atoms with Crippen molar-refractivity contribution in [2.24, 2.45) is 5.92 Å². The first-order chi connectivity index (χ1) is 8.22. The molecular weight excluding hydrogens is 234 g/mol. The summed E-state index contributed by atoms with van der Waals surface area (Å²) in [7, 11) is 0. The van der Waals surface area contributed by atoms with Gasteiger partial charge in [0.15, 0.2) is 0 Å². The minimum atomic E-state index is 0.294. The molecule has 2 nitrogen and oxygen atoms in total. The van der Waals surface area contributed by atoms with Gasteiger partial charge in [-0.3, -0.25) is 0 Å². The molecule has 0 unspecified atom stereocenters. The Morgan fingerprint density at radius 2 is 2.35 bits per heavy atom. The van der Waals surface area contributed by atoms with Crippen molar-refractivity contribution < 1.29 is 4.74 Å². The number of benzene rings is 1. The molecule has 1 aliphatic rings. The van der Waals surface area contributed by atoms with Gasteiger partial charge in [0.2, 0.25) is 0 Å². The third kappa shape index (κ3) is 2.93. The molecule has 3 heteroatoms.